The highest BCUT2D eigenvalue weighted by molar-refractivity contribution is 5.99. The van der Waals surface area contributed by atoms with Crippen molar-refractivity contribution in [3.63, 3.8) is 0 Å². The summed E-state index contributed by atoms with van der Waals surface area (Å²) in [6.45, 7) is 9.43. The van der Waals surface area contributed by atoms with E-state index in [9.17, 15) is 4.79 Å². The quantitative estimate of drug-likeness (QED) is 0.734. The number of aromatic nitrogens is 2. The molecule has 0 aliphatic carbocycles. The molecule has 1 amide bonds. The highest BCUT2D eigenvalue weighted by Crippen LogP contribution is 2.28. The number of aryl methyl sites for hydroxylation is 3. The van der Waals surface area contributed by atoms with Crippen LogP contribution in [0.25, 0.3) is 11.0 Å². The number of rotatable bonds is 6. The summed E-state index contributed by atoms with van der Waals surface area (Å²) in [6.07, 6.45) is 0.747. The second-order valence-electron chi connectivity index (χ2n) is 6.39. The Balaban J connectivity index is 1.72. The Labute approximate surface area is 153 Å². The lowest BCUT2D eigenvalue weighted by molar-refractivity contribution is 0.0927. The van der Waals surface area contributed by atoms with Crippen molar-refractivity contribution < 1.29 is 13.9 Å². The molecule has 0 fully saturated rings. The van der Waals surface area contributed by atoms with E-state index in [1.165, 1.54) is 5.56 Å². The summed E-state index contributed by atoms with van der Waals surface area (Å²) in [7, 11) is 1.61. The van der Waals surface area contributed by atoms with Gasteiger partial charge in [0.2, 0.25) is 0 Å². The second kappa shape index (κ2) is 7.23. The van der Waals surface area contributed by atoms with Gasteiger partial charge >= 0.3 is 0 Å². The van der Waals surface area contributed by atoms with Crippen LogP contribution < -0.4 is 10.1 Å². The van der Waals surface area contributed by atoms with Crippen LogP contribution in [0.2, 0.25) is 0 Å². The molecule has 2 heterocycles. The molecule has 0 aliphatic rings. The van der Waals surface area contributed by atoms with Gasteiger partial charge in [0.1, 0.15) is 11.3 Å². The van der Waals surface area contributed by atoms with Crippen molar-refractivity contribution in [1.29, 1.82) is 0 Å². The number of hydrogen-bond acceptors (Lipinski definition) is 4. The zero-order valence-corrected chi connectivity index (χ0v) is 16.0. The minimum atomic E-state index is -0.198. The number of nitrogens with zero attached hydrogens (tertiary/aromatic N) is 2. The number of carbonyl (C=O) groups is 1. The van der Waals surface area contributed by atoms with Gasteiger partial charge in [0.25, 0.3) is 5.91 Å². The third-order valence-corrected chi connectivity index (χ3v) is 4.84. The summed E-state index contributed by atoms with van der Waals surface area (Å²) in [6, 6.07) is 5.57. The van der Waals surface area contributed by atoms with E-state index in [2.05, 4.69) is 24.3 Å². The summed E-state index contributed by atoms with van der Waals surface area (Å²) in [5.74, 6) is 0.860. The smallest absolute Gasteiger partial charge is 0.287 e. The van der Waals surface area contributed by atoms with Crippen LogP contribution in [-0.4, -0.2) is 29.3 Å². The number of fused-ring (bicyclic) bond motifs is 1. The SMILES string of the molecule is CCn1nc(C)c(CCNC(=O)c2oc3cc(OC)ccc3c2C)c1C. The molecule has 0 radical (unpaired) electrons. The number of furan rings is 1. The summed E-state index contributed by atoms with van der Waals surface area (Å²) in [4.78, 5) is 12.6. The van der Waals surface area contributed by atoms with Gasteiger partial charge in [-0.3, -0.25) is 9.48 Å². The lowest BCUT2D eigenvalue weighted by Crippen LogP contribution is -2.26. The third-order valence-electron chi connectivity index (χ3n) is 4.84. The standard InChI is InChI=1S/C20H25N3O3/c1-6-23-14(4)17(13(3)22-23)9-10-21-20(24)19-12(2)16-8-7-15(25-5)11-18(16)26-19/h7-8,11H,6,9-10H2,1-5H3,(H,21,24). The molecule has 2 aromatic heterocycles. The highest BCUT2D eigenvalue weighted by atomic mass is 16.5. The Morgan fingerprint density at radius 3 is 2.73 bits per heavy atom. The first-order chi connectivity index (χ1) is 12.5. The molecule has 0 aliphatic heterocycles. The molecule has 0 atom stereocenters. The molecule has 0 spiro atoms. The van der Waals surface area contributed by atoms with Crippen LogP contribution in [0.4, 0.5) is 0 Å². The number of amides is 1. The molecule has 3 rings (SSSR count). The van der Waals surface area contributed by atoms with Gasteiger partial charge in [0.15, 0.2) is 5.76 Å². The predicted molar refractivity (Wildman–Crippen MR) is 101 cm³/mol. The predicted octanol–water partition coefficient (Wildman–Crippen LogP) is 3.56. The first-order valence-electron chi connectivity index (χ1n) is 8.84. The van der Waals surface area contributed by atoms with E-state index in [1.54, 1.807) is 13.2 Å². The van der Waals surface area contributed by atoms with E-state index < -0.39 is 0 Å². The fourth-order valence-corrected chi connectivity index (χ4v) is 3.33. The minimum absolute atomic E-state index is 0.198. The normalized spacial score (nSPS) is 11.1. The van der Waals surface area contributed by atoms with Gasteiger partial charge in [-0.05, 0) is 51.8 Å². The number of benzene rings is 1. The Morgan fingerprint density at radius 2 is 2.08 bits per heavy atom. The van der Waals surface area contributed by atoms with Crippen LogP contribution in [-0.2, 0) is 13.0 Å². The molecule has 0 bridgehead atoms. The van der Waals surface area contributed by atoms with Crippen LogP contribution in [0, 0.1) is 20.8 Å². The highest BCUT2D eigenvalue weighted by Gasteiger charge is 2.18. The summed E-state index contributed by atoms with van der Waals surface area (Å²) >= 11 is 0. The molecular weight excluding hydrogens is 330 g/mol. The zero-order valence-electron chi connectivity index (χ0n) is 16.0. The van der Waals surface area contributed by atoms with Crippen LogP contribution in [0.15, 0.2) is 22.6 Å². The number of hydrogen-bond donors (Lipinski definition) is 1. The van der Waals surface area contributed by atoms with Crippen molar-refractivity contribution in [3.05, 3.63) is 46.5 Å². The molecule has 1 aromatic carbocycles. The van der Waals surface area contributed by atoms with E-state index >= 15 is 0 Å². The lowest BCUT2D eigenvalue weighted by Gasteiger charge is -2.05. The van der Waals surface area contributed by atoms with Crippen molar-refractivity contribution in [2.45, 2.75) is 40.7 Å². The van der Waals surface area contributed by atoms with Gasteiger partial charge in [-0.15, -0.1) is 0 Å². The van der Waals surface area contributed by atoms with Gasteiger partial charge in [-0.25, -0.2) is 0 Å². The molecular formula is C20H25N3O3. The fraction of sp³-hybridized carbons (Fsp3) is 0.400. The summed E-state index contributed by atoms with van der Waals surface area (Å²) in [5.41, 5.74) is 4.87. The van der Waals surface area contributed by atoms with Crippen LogP contribution >= 0.6 is 0 Å². The Hall–Kier alpha value is -2.76. The van der Waals surface area contributed by atoms with Crippen LogP contribution in [0.3, 0.4) is 0 Å². The van der Waals surface area contributed by atoms with E-state index in [-0.39, 0.29) is 5.91 Å². The van der Waals surface area contributed by atoms with Gasteiger partial charge < -0.3 is 14.5 Å². The maximum absolute atomic E-state index is 12.6. The molecule has 26 heavy (non-hydrogen) atoms. The van der Waals surface area contributed by atoms with Crippen LogP contribution in [0.1, 0.15) is 40.0 Å². The maximum atomic E-state index is 12.6. The first kappa shape index (κ1) is 18.0. The second-order valence-corrected chi connectivity index (χ2v) is 6.39. The Morgan fingerprint density at radius 1 is 1.31 bits per heavy atom. The molecule has 6 heteroatoms. The monoisotopic (exact) mass is 355 g/mol. The minimum Gasteiger partial charge on any atom is -0.497 e. The largest absolute Gasteiger partial charge is 0.497 e. The van der Waals surface area contributed by atoms with Gasteiger partial charge in [0.05, 0.1) is 12.8 Å². The number of carbonyl (C=O) groups excluding carboxylic acids is 1. The van der Waals surface area contributed by atoms with Crippen molar-refractivity contribution in [1.82, 2.24) is 15.1 Å². The summed E-state index contributed by atoms with van der Waals surface area (Å²) in [5, 5.41) is 8.40. The third kappa shape index (κ3) is 3.19. The number of ether oxygens (including phenoxy) is 1. The van der Waals surface area contributed by atoms with Crippen molar-refractivity contribution in [2.24, 2.45) is 0 Å². The topological polar surface area (TPSA) is 69.3 Å². The molecule has 1 N–H and O–H groups in total. The number of nitrogens with one attached hydrogen (secondary N) is 1. The molecule has 0 saturated heterocycles. The van der Waals surface area contributed by atoms with Gasteiger partial charge in [-0.1, -0.05) is 0 Å². The molecule has 138 valence electrons. The number of methoxy groups -OCH3 is 1. The molecule has 6 nitrogen and oxygen atoms in total. The fourth-order valence-electron chi connectivity index (χ4n) is 3.33. The molecule has 0 unspecified atom stereocenters. The van der Waals surface area contributed by atoms with Crippen LogP contribution in [0.5, 0.6) is 5.75 Å². The summed E-state index contributed by atoms with van der Waals surface area (Å²) < 4.78 is 13.0. The first-order valence-corrected chi connectivity index (χ1v) is 8.84. The van der Waals surface area contributed by atoms with E-state index in [0.717, 1.165) is 35.3 Å². The Bertz CT molecular complexity index is 953. The van der Waals surface area contributed by atoms with Crippen molar-refractivity contribution >= 4 is 16.9 Å². The average molecular weight is 355 g/mol. The molecule has 3 aromatic rings. The van der Waals surface area contributed by atoms with Gasteiger partial charge in [0, 0.05) is 35.8 Å². The van der Waals surface area contributed by atoms with Gasteiger partial charge in [-0.2, -0.15) is 5.10 Å². The average Bonchev–Trinajstić information content (AvgIpc) is 3.11. The van der Waals surface area contributed by atoms with E-state index in [1.807, 2.05) is 30.7 Å². The van der Waals surface area contributed by atoms with E-state index in [4.69, 9.17) is 9.15 Å². The van der Waals surface area contributed by atoms with E-state index in [0.29, 0.717) is 23.6 Å². The lowest BCUT2D eigenvalue weighted by atomic mass is 10.1. The van der Waals surface area contributed by atoms with Crippen molar-refractivity contribution in [3.8, 4) is 5.75 Å². The maximum Gasteiger partial charge on any atom is 0.287 e. The Kier molecular flexibility index (Phi) is 5.02. The molecule has 0 saturated carbocycles. The van der Waals surface area contributed by atoms with Crippen molar-refractivity contribution in [2.75, 3.05) is 13.7 Å². The zero-order chi connectivity index (χ0) is 18.8.